The number of unbranched alkanes of at least 4 members (excludes halogenated alkanes) is 1. The monoisotopic (exact) mass is 276 g/mol. The van der Waals surface area contributed by atoms with Crippen LogP contribution < -0.4 is 5.32 Å². The van der Waals surface area contributed by atoms with E-state index in [-0.39, 0.29) is 0 Å². The van der Waals surface area contributed by atoms with Crippen LogP contribution in [0.15, 0.2) is 24.3 Å². The molecule has 4 nitrogen and oxygen atoms in total. The molecule has 0 unspecified atom stereocenters. The molecule has 0 saturated heterocycles. The summed E-state index contributed by atoms with van der Waals surface area (Å²) in [6.07, 6.45) is 1.90. The molecule has 0 aliphatic carbocycles. The fourth-order valence-corrected chi connectivity index (χ4v) is 1.81. The highest BCUT2D eigenvalue weighted by Crippen LogP contribution is 2.17. The summed E-state index contributed by atoms with van der Waals surface area (Å²) in [6, 6.07) is 7.58. The SMILES string of the molecule is CCCCN(C)C(=O)C(=O)Nc1ccc(C(C)C)cc1. The maximum absolute atomic E-state index is 11.8. The second-order valence-corrected chi connectivity index (χ2v) is 5.31. The van der Waals surface area contributed by atoms with Crippen LogP contribution in [0.2, 0.25) is 0 Å². The van der Waals surface area contributed by atoms with Crippen molar-refractivity contribution in [1.82, 2.24) is 4.90 Å². The average molecular weight is 276 g/mol. The first kappa shape index (κ1) is 16.2. The van der Waals surface area contributed by atoms with Gasteiger partial charge in [-0.25, -0.2) is 0 Å². The minimum atomic E-state index is -0.583. The van der Waals surface area contributed by atoms with Crippen LogP contribution in [0.5, 0.6) is 0 Å². The lowest BCUT2D eigenvalue weighted by Gasteiger charge is -2.16. The molecule has 0 aliphatic heterocycles. The minimum Gasteiger partial charge on any atom is -0.338 e. The predicted molar refractivity (Wildman–Crippen MR) is 81.7 cm³/mol. The van der Waals surface area contributed by atoms with Gasteiger partial charge in [0.1, 0.15) is 0 Å². The minimum absolute atomic E-state index is 0.446. The summed E-state index contributed by atoms with van der Waals surface area (Å²) in [4.78, 5) is 25.1. The molecule has 2 amide bonds. The van der Waals surface area contributed by atoms with Crippen LogP contribution in [0, 0.1) is 0 Å². The highest BCUT2D eigenvalue weighted by atomic mass is 16.2. The topological polar surface area (TPSA) is 49.4 Å². The lowest BCUT2D eigenvalue weighted by atomic mass is 10.0. The second kappa shape index (κ2) is 7.68. The number of amides is 2. The van der Waals surface area contributed by atoms with Gasteiger partial charge in [-0.3, -0.25) is 9.59 Å². The van der Waals surface area contributed by atoms with Gasteiger partial charge in [-0.05, 0) is 30.0 Å². The third-order valence-corrected chi connectivity index (χ3v) is 3.22. The molecule has 0 saturated carbocycles. The van der Waals surface area contributed by atoms with Gasteiger partial charge in [-0.1, -0.05) is 39.3 Å². The lowest BCUT2D eigenvalue weighted by Crippen LogP contribution is -2.37. The highest BCUT2D eigenvalue weighted by Gasteiger charge is 2.18. The maximum atomic E-state index is 11.8. The van der Waals surface area contributed by atoms with Crippen molar-refractivity contribution in [2.24, 2.45) is 0 Å². The lowest BCUT2D eigenvalue weighted by molar-refractivity contribution is -0.142. The summed E-state index contributed by atoms with van der Waals surface area (Å²) in [5.41, 5.74) is 1.85. The number of carbonyl (C=O) groups excluding carboxylic acids is 2. The molecule has 1 aromatic carbocycles. The molecular formula is C16H24N2O2. The Morgan fingerprint density at radius 2 is 1.80 bits per heavy atom. The predicted octanol–water partition coefficient (Wildman–Crippen LogP) is 3.01. The van der Waals surface area contributed by atoms with Crippen LogP contribution in [0.4, 0.5) is 5.69 Å². The van der Waals surface area contributed by atoms with E-state index in [0.717, 1.165) is 12.8 Å². The number of nitrogens with zero attached hydrogens (tertiary/aromatic N) is 1. The molecule has 4 heteroatoms. The number of benzene rings is 1. The zero-order valence-electron chi connectivity index (χ0n) is 12.8. The van der Waals surface area contributed by atoms with Crippen molar-refractivity contribution in [3.63, 3.8) is 0 Å². The van der Waals surface area contributed by atoms with Gasteiger partial charge in [0.25, 0.3) is 0 Å². The summed E-state index contributed by atoms with van der Waals surface area (Å²) in [7, 11) is 1.65. The third-order valence-electron chi connectivity index (χ3n) is 3.22. The van der Waals surface area contributed by atoms with E-state index < -0.39 is 11.8 Å². The number of hydrogen-bond donors (Lipinski definition) is 1. The van der Waals surface area contributed by atoms with Crippen molar-refractivity contribution in [3.05, 3.63) is 29.8 Å². The van der Waals surface area contributed by atoms with E-state index in [1.165, 1.54) is 10.5 Å². The fraction of sp³-hybridized carbons (Fsp3) is 0.500. The highest BCUT2D eigenvalue weighted by molar-refractivity contribution is 6.39. The molecule has 0 aliphatic rings. The van der Waals surface area contributed by atoms with E-state index in [2.05, 4.69) is 26.1 Å². The van der Waals surface area contributed by atoms with E-state index in [0.29, 0.717) is 18.2 Å². The Balaban J connectivity index is 2.59. The zero-order valence-corrected chi connectivity index (χ0v) is 12.8. The summed E-state index contributed by atoms with van der Waals surface area (Å²) < 4.78 is 0. The van der Waals surface area contributed by atoms with Gasteiger partial charge in [0, 0.05) is 19.3 Å². The van der Waals surface area contributed by atoms with Crippen LogP contribution >= 0.6 is 0 Å². The van der Waals surface area contributed by atoms with E-state index in [9.17, 15) is 9.59 Å². The molecule has 0 atom stereocenters. The second-order valence-electron chi connectivity index (χ2n) is 5.31. The number of anilines is 1. The van der Waals surface area contributed by atoms with Crippen molar-refractivity contribution >= 4 is 17.5 Å². The molecule has 1 aromatic rings. The third kappa shape index (κ3) is 4.68. The number of nitrogens with one attached hydrogen (secondary N) is 1. The van der Waals surface area contributed by atoms with Crippen molar-refractivity contribution < 1.29 is 9.59 Å². The van der Waals surface area contributed by atoms with E-state index in [1.807, 2.05) is 24.3 Å². The Hall–Kier alpha value is -1.84. The van der Waals surface area contributed by atoms with Crippen molar-refractivity contribution in [3.8, 4) is 0 Å². The molecule has 0 radical (unpaired) electrons. The van der Waals surface area contributed by atoms with Gasteiger partial charge >= 0.3 is 11.8 Å². The first-order valence-electron chi connectivity index (χ1n) is 7.12. The Morgan fingerprint density at radius 3 is 2.30 bits per heavy atom. The number of rotatable bonds is 5. The average Bonchev–Trinajstić information content (AvgIpc) is 2.44. The van der Waals surface area contributed by atoms with Crippen LogP contribution in [-0.2, 0) is 9.59 Å². The molecule has 0 heterocycles. The van der Waals surface area contributed by atoms with Crippen molar-refractivity contribution in [2.75, 3.05) is 18.9 Å². The summed E-state index contributed by atoms with van der Waals surface area (Å²) in [5, 5.41) is 2.64. The smallest absolute Gasteiger partial charge is 0.313 e. The fourth-order valence-electron chi connectivity index (χ4n) is 1.81. The van der Waals surface area contributed by atoms with E-state index in [4.69, 9.17) is 0 Å². The zero-order chi connectivity index (χ0) is 15.1. The molecule has 0 spiro atoms. The molecule has 1 N–H and O–H groups in total. The molecule has 0 fully saturated rings. The molecular weight excluding hydrogens is 252 g/mol. The van der Waals surface area contributed by atoms with Gasteiger partial charge in [-0.2, -0.15) is 0 Å². The van der Waals surface area contributed by atoms with Crippen LogP contribution in [0.1, 0.15) is 45.1 Å². The standard InChI is InChI=1S/C16H24N2O2/c1-5-6-11-18(4)16(20)15(19)17-14-9-7-13(8-10-14)12(2)3/h7-10,12H,5-6,11H2,1-4H3,(H,17,19). The van der Waals surface area contributed by atoms with Gasteiger partial charge < -0.3 is 10.2 Å². The maximum Gasteiger partial charge on any atom is 0.313 e. The van der Waals surface area contributed by atoms with Crippen molar-refractivity contribution in [2.45, 2.75) is 39.5 Å². The summed E-state index contributed by atoms with van der Waals surface area (Å²) in [6.45, 7) is 6.88. The van der Waals surface area contributed by atoms with Crippen molar-refractivity contribution in [1.29, 1.82) is 0 Å². The Labute approximate surface area is 121 Å². The largest absolute Gasteiger partial charge is 0.338 e. The van der Waals surface area contributed by atoms with Crippen LogP contribution in [0.3, 0.4) is 0 Å². The first-order valence-corrected chi connectivity index (χ1v) is 7.12. The molecule has 1 rings (SSSR count). The van der Waals surface area contributed by atoms with Crippen LogP contribution in [0.25, 0.3) is 0 Å². The molecule has 110 valence electrons. The summed E-state index contributed by atoms with van der Waals surface area (Å²) >= 11 is 0. The Bertz CT molecular complexity index is 452. The quantitative estimate of drug-likeness (QED) is 0.840. The normalized spacial score (nSPS) is 10.4. The van der Waals surface area contributed by atoms with Gasteiger partial charge in [-0.15, -0.1) is 0 Å². The Morgan fingerprint density at radius 1 is 1.20 bits per heavy atom. The van der Waals surface area contributed by atoms with E-state index in [1.54, 1.807) is 7.05 Å². The van der Waals surface area contributed by atoms with Gasteiger partial charge in [0.15, 0.2) is 0 Å². The Kier molecular flexibility index (Phi) is 6.22. The van der Waals surface area contributed by atoms with Crippen LogP contribution in [-0.4, -0.2) is 30.3 Å². The van der Waals surface area contributed by atoms with Gasteiger partial charge in [0.05, 0.1) is 0 Å². The van der Waals surface area contributed by atoms with E-state index >= 15 is 0 Å². The number of hydrogen-bond acceptors (Lipinski definition) is 2. The number of carbonyl (C=O) groups is 2. The molecule has 20 heavy (non-hydrogen) atoms. The first-order chi connectivity index (χ1) is 9.45. The van der Waals surface area contributed by atoms with Gasteiger partial charge in [0.2, 0.25) is 0 Å². The molecule has 0 bridgehead atoms. The number of likely N-dealkylation sites (N-methyl/N-ethyl adjacent to an activating group) is 1. The summed E-state index contributed by atoms with van der Waals surface area (Å²) in [5.74, 6) is -0.631. The molecule has 0 aromatic heterocycles.